The molecule has 0 saturated heterocycles. The lowest BCUT2D eigenvalue weighted by atomic mass is 10.1. The van der Waals surface area contributed by atoms with Crippen LogP contribution < -0.4 is 20.2 Å². The second kappa shape index (κ2) is 11.5. The molecule has 0 saturated carbocycles. The van der Waals surface area contributed by atoms with Gasteiger partial charge in [0.1, 0.15) is 6.61 Å². The number of hydrogen-bond donors (Lipinski definition) is 2. The first-order valence-electron chi connectivity index (χ1n) is 9.82. The maximum absolute atomic E-state index is 12.5. The van der Waals surface area contributed by atoms with Crippen LogP contribution in [0.25, 0.3) is 0 Å². The number of carbonyl (C=O) groups excluding carboxylic acids is 2. The van der Waals surface area contributed by atoms with E-state index in [-0.39, 0.29) is 12.5 Å². The molecule has 3 aromatic carbocycles. The summed E-state index contributed by atoms with van der Waals surface area (Å²) in [4.78, 5) is 23.8. The van der Waals surface area contributed by atoms with Crippen LogP contribution in [0.15, 0.2) is 70.2 Å². The van der Waals surface area contributed by atoms with Gasteiger partial charge in [0.25, 0.3) is 5.91 Å². The molecule has 0 unspecified atom stereocenters. The topological polar surface area (TPSA) is 89.0 Å². The number of rotatable bonds is 8. The molecule has 0 heterocycles. The average molecular weight is 531 g/mol. The minimum absolute atomic E-state index is 0.270. The summed E-state index contributed by atoms with van der Waals surface area (Å²) in [6.45, 7) is 1.64. The van der Waals surface area contributed by atoms with Crippen LogP contribution >= 0.6 is 27.5 Å². The van der Waals surface area contributed by atoms with Crippen molar-refractivity contribution < 1.29 is 19.1 Å². The molecule has 0 radical (unpaired) electrons. The van der Waals surface area contributed by atoms with Crippen molar-refractivity contribution in [3.8, 4) is 11.5 Å². The van der Waals surface area contributed by atoms with Crippen molar-refractivity contribution in [3.63, 3.8) is 0 Å². The third kappa shape index (κ3) is 6.57. The number of nitrogens with one attached hydrogen (secondary N) is 2. The first-order valence-corrected chi connectivity index (χ1v) is 11.0. The molecular formula is C24H21BrClN3O4. The quantitative estimate of drug-likeness (QED) is 0.301. The molecule has 0 aliphatic rings. The number of para-hydroxylation sites is 1. The van der Waals surface area contributed by atoms with E-state index in [1.807, 2.05) is 18.2 Å². The van der Waals surface area contributed by atoms with Gasteiger partial charge >= 0.3 is 0 Å². The van der Waals surface area contributed by atoms with Gasteiger partial charge in [0.2, 0.25) is 5.91 Å². The monoisotopic (exact) mass is 529 g/mol. The summed E-state index contributed by atoms with van der Waals surface area (Å²) in [5.74, 6) is 0.275. The number of amides is 2. The van der Waals surface area contributed by atoms with Crippen LogP contribution in [0.1, 0.15) is 28.4 Å². The van der Waals surface area contributed by atoms with Crippen molar-refractivity contribution in [1.82, 2.24) is 5.43 Å². The van der Waals surface area contributed by atoms with Gasteiger partial charge in [-0.3, -0.25) is 9.59 Å². The van der Waals surface area contributed by atoms with Crippen LogP contribution in [0, 0.1) is 0 Å². The number of anilines is 1. The normalized spacial score (nSPS) is 10.7. The van der Waals surface area contributed by atoms with E-state index in [4.69, 9.17) is 21.1 Å². The first kappa shape index (κ1) is 24.3. The Bertz CT molecular complexity index is 1200. The van der Waals surface area contributed by atoms with Crippen molar-refractivity contribution in [2.24, 2.45) is 5.10 Å². The van der Waals surface area contributed by atoms with E-state index in [2.05, 4.69) is 31.8 Å². The Kier molecular flexibility index (Phi) is 8.46. The van der Waals surface area contributed by atoms with E-state index in [1.165, 1.54) is 20.2 Å². The second-order valence-electron chi connectivity index (χ2n) is 6.84. The largest absolute Gasteiger partial charge is 0.493 e. The third-order valence-corrected chi connectivity index (χ3v) is 5.40. The summed E-state index contributed by atoms with van der Waals surface area (Å²) in [5, 5.41) is 7.26. The maximum atomic E-state index is 12.5. The van der Waals surface area contributed by atoms with Gasteiger partial charge in [-0.1, -0.05) is 41.9 Å². The number of methoxy groups -OCH3 is 1. The zero-order valence-corrected chi connectivity index (χ0v) is 20.2. The van der Waals surface area contributed by atoms with Gasteiger partial charge in [0, 0.05) is 17.5 Å². The Morgan fingerprint density at radius 3 is 2.58 bits per heavy atom. The average Bonchev–Trinajstić information content (AvgIpc) is 2.79. The molecule has 3 rings (SSSR count). The highest BCUT2D eigenvalue weighted by Gasteiger charge is 2.13. The lowest BCUT2D eigenvalue weighted by molar-refractivity contribution is -0.114. The van der Waals surface area contributed by atoms with Crippen LogP contribution in [0.2, 0.25) is 5.02 Å². The highest BCUT2D eigenvalue weighted by atomic mass is 79.9. The molecule has 0 fully saturated rings. The molecule has 9 heteroatoms. The molecule has 33 heavy (non-hydrogen) atoms. The molecule has 0 spiro atoms. The highest BCUT2D eigenvalue weighted by molar-refractivity contribution is 9.10. The zero-order valence-electron chi connectivity index (χ0n) is 17.9. The molecule has 0 aliphatic carbocycles. The Balaban J connectivity index is 1.71. The minimum Gasteiger partial charge on any atom is -0.493 e. The Hall–Kier alpha value is -3.36. The van der Waals surface area contributed by atoms with Gasteiger partial charge in [-0.05, 0) is 51.8 Å². The lowest BCUT2D eigenvalue weighted by Crippen LogP contribution is -2.20. The van der Waals surface area contributed by atoms with E-state index < -0.39 is 5.91 Å². The van der Waals surface area contributed by atoms with E-state index in [1.54, 1.807) is 42.5 Å². The molecule has 7 nitrogen and oxygen atoms in total. The van der Waals surface area contributed by atoms with E-state index in [9.17, 15) is 9.59 Å². The summed E-state index contributed by atoms with van der Waals surface area (Å²) in [6.07, 6.45) is 1.48. The van der Waals surface area contributed by atoms with Gasteiger partial charge < -0.3 is 14.8 Å². The Labute approximate surface area is 204 Å². The number of hydrogen-bond acceptors (Lipinski definition) is 5. The maximum Gasteiger partial charge on any atom is 0.273 e. The number of benzene rings is 3. The van der Waals surface area contributed by atoms with Gasteiger partial charge in [-0.25, -0.2) is 5.43 Å². The van der Waals surface area contributed by atoms with Crippen LogP contribution in [0.5, 0.6) is 11.5 Å². The molecule has 3 aromatic rings. The summed E-state index contributed by atoms with van der Waals surface area (Å²) in [7, 11) is 1.53. The Morgan fingerprint density at radius 2 is 1.85 bits per heavy atom. The fraction of sp³-hybridized carbons (Fsp3) is 0.125. The molecule has 170 valence electrons. The van der Waals surface area contributed by atoms with Crippen molar-refractivity contribution in [2.45, 2.75) is 13.5 Å². The van der Waals surface area contributed by atoms with E-state index >= 15 is 0 Å². The molecule has 0 aromatic heterocycles. The van der Waals surface area contributed by atoms with Crippen LogP contribution in [0.3, 0.4) is 0 Å². The summed E-state index contributed by atoms with van der Waals surface area (Å²) in [6, 6.07) is 17.6. The fourth-order valence-electron chi connectivity index (χ4n) is 2.93. The molecule has 0 atom stereocenters. The fourth-order valence-corrected chi connectivity index (χ4v) is 3.69. The predicted molar refractivity (Wildman–Crippen MR) is 132 cm³/mol. The van der Waals surface area contributed by atoms with Gasteiger partial charge in [0.15, 0.2) is 11.5 Å². The predicted octanol–water partition coefficient (Wildman–Crippen LogP) is 5.41. The van der Waals surface area contributed by atoms with Gasteiger partial charge in [-0.15, -0.1) is 0 Å². The van der Waals surface area contributed by atoms with Crippen molar-refractivity contribution in [2.75, 3.05) is 12.4 Å². The summed E-state index contributed by atoms with van der Waals surface area (Å²) >= 11 is 9.69. The van der Waals surface area contributed by atoms with Gasteiger partial charge in [-0.2, -0.15) is 5.10 Å². The minimum atomic E-state index is -0.457. The number of halogens is 2. The molecule has 2 N–H and O–H groups in total. The number of carbonyl (C=O) groups is 2. The number of hydrazone groups is 1. The Morgan fingerprint density at radius 1 is 1.12 bits per heavy atom. The van der Waals surface area contributed by atoms with Crippen LogP contribution in [0.4, 0.5) is 5.69 Å². The molecule has 2 amide bonds. The van der Waals surface area contributed by atoms with E-state index in [0.29, 0.717) is 37.8 Å². The molecular weight excluding hydrogens is 510 g/mol. The van der Waals surface area contributed by atoms with Crippen molar-refractivity contribution in [1.29, 1.82) is 0 Å². The highest BCUT2D eigenvalue weighted by Crippen LogP contribution is 2.37. The van der Waals surface area contributed by atoms with Crippen LogP contribution in [-0.4, -0.2) is 25.1 Å². The van der Waals surface area contributed by atoms with Crippen LogP contribution in [-0.2, 0) is 11.4 Å². The smallest absolute Gasteiger partial charge is 0.273 e. The SMILES string of the molecule is COc1cc(/C=N/NC(=O)c2ccccc2NC(C)=O)cc(Br)c1OCc1ccccc1Cl. The number of ether oxygens (including phenoxy) is 2. The summed E-state index contributed by atoms with van der Waals surface area (Å²) in [5.41, 5.74) is 4.68. The first-order chi connectivity index (χ1) is 15.9. The molecule has 0 bridgehead atoms. The third-order valence-electron chi connectivity index (χ3n) is 4.44. The molecule has 0 aliphatic heterocycles. The van der Waals surface area contributed by atoms with Gasteiger partial charge in [0.05, 0.1) is 29.0 Å². The number of nitrogens with zero attached hydrogens (tertiary/aromatic N) is 1. The van der Waals surface area contributed by atoms with E-state index in [0.717, 1.165) is 5.56 Å². The summed E-state index contributed by atoms with van der Waals surface area (Å²) < 4.78 is 12.0. The van der Waals surface area contributed by atoms with Crippen molar-refractivity contribution in [3.05, 3.63) is 86.8 Å². The zero-order chi connectivity index (χ0) is 23.8. The van der Waals surface area contributed by atoms with Crippen molar-refractivity contribution >= 4 is 51.2 Å². The lowest BCUT2D eigenvalue weighted by Gasteiger charge is -2.14. The standard InChI is InChI=1S/C24H21BrClN3O4/c1-15(30)28-21-10-6-4-8-18(21)24(31)29-27-13-16-11-19(25)23(22(12-16)32-2)33-14-17-7-3-5-9-20(17)26/h3-13H,14H2,1-2H3,(H,28,30)(H,29,31)/b27-13+. The second-order valence-corrected chi connectivity index (χ2v) is 8.10.